The molecular formula is C15H25N3O3. The summed E-state index contributed by atoms with van der Waals surface area (Å²) in [5, 5.41) is 5.85. The Kier molecular flexibility index (Phi) is 5.33. The Hall–Kier alpha value is -1.43. The standard InChI is InChI=1S/C15H25N3O3/c1-10(2)17-13(19)7-8-16-12-9-14(20)18(15(12)21)11-5-3-4-6-11/h10-12,16H,3-9H2,1-2H3,(H,17,19). The molecule has 2 fully saturated rings. The van der Waals surface area contributed by atoms with Crippen LogP contribution in [0.1, 0.15) is 52.4 Å². The van der Waals surface area contributed by atoms with Crippen LogP contribution < -0.4 is 10.6 Å². The van der Waals surface area contributed by atoms with Crippen molar-refractivity contribution >= 4 is 17.7 Å². The van der Waals surface area contributed by atoms with Crippen LogP contribution in [0, 0.1) is 0 Å². The molecule has 2 aliphatic rings. The first-order valence-corrected chi connectivity index (χ1v) is 7.87. The summed E-state index contributed by atoms with van der Waals surface area (Å²) in [5.74, 6) is -0.228. The number of carbonyl (C=O) groups is 3. The van der Waals surface area contributed by atoms with Crippen molar-refractivity contribution in [2.45, 2.75) is 70.5 Å². The number of nitrogens with zero attached hydrogens (tertiary/aromatic N) is 1. The topological polar surface area (TPSA) is 78.5 Å². The number of rotatable bonds is 6. The van der Waals surface area contributed by atoms with Gasteiger partial charge in [-0.1, -0.05) is 12.8 Å². The van der Waals surface area contributed by atoms with Gasteiger partial charge in [-0.2, -0.15) is 0 Å². The molecule has 0 aromatic heterocycles. The minimum Gasteiger partial charge on any atom is -0.354 e. The van der Waals surface area contributed by atoms with Gasteiger partial charge >= 0.3 is 0 Å². The number of hydrogen-bond acceptors (Lipinski definition) is 4. The van der Waals surface area contributed by atoms with Crippen LogP contribution in [0.5, 0.6) is 0 Å². The number of likely N-dealkylation sites (tertiary alicyclic amines) is 1. The van der Waals surface area contributed by atoms with Gasteiger partial charge in [-0.15, -0.1) is 0 Å². The van der Waals surface area contributed by atoms with E-state index in [0.29, 0.717) is 13.0 Å². The first-order chi connectivity index (χ1) is 9.99. The molecule has 0 aromatic carbocycles. The molecule has 3 amide bonds. The van der Waals surface area contributed by atoms with Crippen molar-refractivity contribution in [3.05, 3.63) is 0 Å². The number of amides is 3. The highest BCUT2D eigenvalue weighted by molar-refractivity contribution is 6.05. The second-order valence-corrected chi connectivity index (χ2v) is 6.22. The minimum absolute atomic E-state index is 0.0399. The average Bonchev–Trinajstić information content (AvgIpc) is 2.98. The van der Waals surface area contributed by atoms with Crippen molar-refractivity contribution in [2.24, 2.45) is 0 Å². The summed E-state index contributed by atoms with van der Waals surface area (Å²) in [6.45, 7) is 4.23. The fourth-order valence-electron chi connectivity index (χ4n) is 3.11. The maximum absolute atomic E-state index is 12.3. The monoisotopic (exact) mass is 295 g/mol. The van der Waals surface area contributed by atoms with Gasteiger partial charge in [0, 0.05) is 25.0 Å². The summed E-state index contributed by atoms with van der Waals surface area (Å²) in [4.78, 5) is 37.3. The van der Waals surface area contributed by atoms with Crippen LogP contribution >= 0.6 is 0 Å². The van der Waals surface area contributed by atoms with E-state index >= 15 is 0 Å². The Labute approximate surface area is 125 Å². The van der Waals surface area contributed by atoms with Gasteiger partial charge in [0.25, 0.3) is 0 Å². The molecule has 1 atom stereocenters. The molecule has 0 radical (unpaired) electrons. The fraction of sp³-hybridized carbons (Fsp3) is 0.800. The van der Waals surface area contributed by atoms with E-state index in [1.165, 1.54) is 4.90 Å². The number of imide groups is 1. The predicted molar refractivity (Wildman–Crippen MR) is 78.4 cm³/mol. The Balaban J connectivity index is 1.78. The summed E-state index contributed by atoms with van der Waals surface area (Å²) in [7, 11) is 0. The van der Waals surface area contributed by atoms with E-state index in [0.717, 1.165) is 25.7 Å². The molecule has 118 valence electrons. The van der Waals surface area contributed by atoms with E-state index < -0.39 is 6.04 Å². The molecule has 1 aliphatic carbocycles. The molecule has 1 saturated heterocycles. The zero-order valence-corrected chi connectivity index (χ0v) is 12.9. The van der Waals surface area contributed by atoms with Crippen molar-refractivity contribution < 1.29 is 14.4 Å². The summed E-state index contributed by atoms with van der Waals surface area (Å²) >= 11 is 0. The van der Waals surface area contributed by atoms with Gasteiger partial charge < -0.3 is 10.6 Å². The molecule has 1 unspecified atom stereocenters. The Morgan fingerprint density at radius 1 is 1.29 bits per heavy atom. The van der Waals surface area contributed by atoms with E-state index in [9.17, 15) is 14.4 Å². The largest absolute Gasteiger partial charge is 0.354 e. The van der Waals surface area contributed by atoms with Crippen molar-refractivity contribution in [3.63, 3.8) is 0 Å². The zero-order chi connectivity index (χ0) is 15.4. The summed E-state index contributed by atoms with van der Waals surface area (Å²) in [6.07, 6.45) is 4.59. The van der Waals surface area contributed by atoms with Crippen LogP contribution in [0.4, 0.5) is 0 Å². The molecule has 0 bridgehead atoms. The normalized spacial score (nSPS) is 23.4. The highest BCUT2D eigenvalue weighted by Crippen LogP contribution is 2.28. The predicted octanol–water partition coefficient (Wildman–Crippen LogP) is 0.561. The molecule has 0 spiro atoms. The Morgan fingerprint density at radius 3 is 2.57 bits per heavy atom. The third-order valence-corrected chi connectivity index (χ3v) is 4.07. The number of nitrogens with one attached hydrogen (secondary N) is 2. The smallest absolute Gasteiger partial charge is 0.247 e. The van der Waals surface area contributed by atoms with Gasteiger partial charge in [0.2, 0.25) is 17.7 Å². The van der Waals surface area contributed by atoms with Crippen LogP contribution in [0.15, 0.2) is 0 Å². The second kappa shape index (κ2) is 7.02. The SMILES string of the molecule is CC(C)NC(=O)CCNC1CC(=O)N(C2CCCC2)C1=O. The van der Waals surface area contributed by atoms with E-state index in [1.807, 2.05) is 13.8 Å². The first kappa shape index (κ1) is 15.9. The van der Waals surface area contributed by atoms with Gasteiger partial charge in [-0.05, 0) is 26.7 Å². The molecule has 1 heterocycles. The van der Waals surface area contributed by atoms with Gasteiger partial charge in [0.1, 0.15) is 0 Å². The Morgan fingerprint density at radius 2 is 1.95 bits per heavy atom. The second-order valence-electron chi connectivity index (χ2n) is 6.22. The lowest BCUT2D eigenvalue weighted by Crippen LogP contribution is -2.43. The van der Waals surface area contributed by atoms with Crippen molar-refractivity contribution in [2.75, 3.05) is 6.54 Å². The van der Waals surface area contributed by atoms with Crippen molar-refractivity contribution in [1.82, 2.24) is 15.5 Å². The number of carbonyl (C=O) groups excluding carboxylic acids is 3. The molecule has 6 nitrogen and oxygen atoms in total. The highest BCUT2D eigenvalue weighted by Gasteiger charge is 2.42. The average molecular weight is 295 g/mol. The molecule has 6 heteroatoms. The zero-order valence-electron chi connectivity index (χ0n) is 12.9. The van der Waals surface area contributed by atoms with Gasteiger partial charge in [-0.25, -0.2) is 0 Å². The van der Waals surface area contributed by atoms with Gasteiger partial charge in [0.15, 0.2) is 0 Å². The Bertz CT molecular complexity index is 416. The van der Waals surface area contributed by atoms with E-state index in [1.54, 1.807) is 0 Å². The van der Waals surface area contributed by atoms with Crippen molar-refractivity contribution in [3.8, 4) is 0 Å². The van der Waals surface area contributed by atoms with Crippen LogP contribution in [0.3, 0.4) is 0 Å². The minimum atomic E-state index is -0.454. The maximum atomic E-state index is 12.3. The van der Waals surface area contributed by atoms with Crippen LogP contribution in [-0.4, -0.2) is 47.3 Å². The van der Waals surface area contributed by atoms with Gasteiger partial charge in [-0.3, -0.25) is 19.3 Å². The lowest BCUT2D eigenvalue weighted by Gasteiger charge is -2.22. The van der Waals surface area contributed by atoms with Gasteiger partial charge in [0.05, 0.1) is 12.5 Å². The molecule has 0 aromatic rings. The lowest BCUT2D eigenvalue weighted by atomic mass is 10.2. The molecule has 2 N–H and O–H groups in total. The maximum Gasteiger partial charge on any atom is 0.247 e. The van der Waals surface area contributed by atoms with E-state index in [4.69, 9.17) is 0 Å². The first-order valence-electron chi connectivity index (χ1n) is 7.87. The van der Waals surface area contributed by atoms with E-state index in [2.05, 4.69) is 10.6 Å². The van der Waals surface area contributed by atoms with Crippen LogP contribution in [0.2, 0.25) is 0 Å². The summed E-state index contributed by atoms with van der Waals surface area (Å²) in [6, 6.07) is -0.240. The molecular weight excluding hydrogens is 270 g/mol. The summed E-state index contributed by atoms with van der Waals surface area (Å²) in [5.41, 5.74) is 0. The van der Waals surface area contributed by atoms with Crippen LogP contribution in [0.25, 0.3) is 0 Å². The molecule has 2 rings (SSSR count). The highest BCUT2D eigenvalue weighted by atomic mass is 16.2. The molecule has 21 heavy (non-hydrogen) atoms. The molecule has 1 saturated carbocycles. The third kappa shape index (κ3) is 4.03. The molecule has 1 aliphatic heterocycles. The quantitative estimate of drug-likeness (QED) is 0.702. The van der Waals surface area contributed by atoms with Crippen molar-refractivity contribution in [1.29, 1.82) is 0 Å². The lowest BCUT2D eigenvalue weighted by molar-refractivity contribution is -0.141. The third-order valence-electron chi connectivity index (χ3n) is 4.07. The number of hydrogen-bond donors (Lipinski definition) is 2. The van der Waals surface area contributed by atoms with Crippen LogP contribution in [-0.2, 0) is 14.4 Å². The summed E-state index contributed by atoms with van der Waals surface area (Å²) < 4.78 is 0. The fourth-order valence-corrected chi connectivity index (χ4v) is 3.11. The van der Waals surface area contributed by atoms with E-state index in [-0.39, 0.29) is 36.2 Å².